The summed E-state index contributed by atoms with van der Waals surface area (Å²) in [7, 11) is 1.95. The number of nitrogens with one attached hydrogen (secondary N) is 1. The van der Waals surface area contributed by atoms with Crippen LogP contribution >= 0.6 is 0 Å². The highest BCUT2D eigenvalue weighted by atomic mass is 16.1. The van der Waals surface area contributed by atoms with E-state index in [1.54, 1.807) is 6.07 Å². The second-order valence-electron chi connectivity index (χ2n) is 5.31. The highest BCUT2D eigenvalue weighted by Crippen LogP contribution is 2.20. The summed E-state index contributed by atoms with van der Waals surface area (Å²) in [6.07, 6.45) is 0.484. The van der Waals surface area contributed by atoms with Crippen LogP contribution in [0.1, 0.15) is 6.42 Å². The fourth-order valence-electron chi connectivity index (χ4n) is 2.44. The van der Waals surface area contributed by atoms with E-state index in [0.717, 1.165) is 11.3 Å². The van der Waals surface area contributed by atoms with Crippen molar-refractivity contribution in [3.8, 4) is 17.5 Å². The molecule has 0 fully saturated rings. The Kier molecular flexibility index (Phi) is 4.07. The molecule has 0 aliphatic carbocycles. The van der Waals surface area contributed by atoms with E-state index in [-0.39, 0.29) is 5.56 Å². The van der Waals surface area contributed by atoms with E-state index in [2.05, 4.69) is 16.0 Å². The van der Waals surface area contributed by atoms with Gasteiger partial charge < -0.3 is 9.88 Å². The lowest BCUT2D eigenvalue weighted by atomic mass is 10.1. The Labute approximate surface area is 133 Å². The van der Waals surface area contributed by atoms with Crippen molar-refractivity contribution in [2.75, 3.05) is 18.5 Å². The zero-order valence-corrected chi connectivity index (χ0v) is 12.8. The average molecular weight is 304 g/mol. The van der Waals surface area contributed by atoms with Crippen molar-refractivity contribution in [3.63, 3.8) is 0 Å². The lowest BCUT2D eigenvalue weighted by Crippen LogP contribution is -2.17. The molecule has 0 spiro atoms. The number of para-hydroxylation sites is 1. The number of rotatable bonds is 4. The number of benzene rings is 2. The molecule has 5 nitrogen and oxygen atoms in total. The molecule has 3 aromatic rings. The molecular weight excluding hydrogens is 288 g/mol. The van der Waals surface area contributed by atoms with E-state index in [0.29, 0.717) is 29.7 Å². The molecule has 3 rings (SSSR count). The monoisotopic (exact) mass is 304 g/mol. The first-order valence-electron chi connectivity index (χ1n) is 7.36. The first-order chi connectivity index (χ1) is 11.2. The van der Waals surface area contributed by atoms with E-state index in [9.17, 15) is 4.79 Å². The number of aromatic nitrogens is 2. The summed E-state index contributed by atoms with van der Waals surface area (Å²) in [5, 5.41) is 9.24. The third kappa shape index (κ3) is 3.06. The van der Waals surface area contributed by atoms with E-state index in [1.807, 2.05) is 54.4 Å². The Balaban J connectivity index is 1.93. The van der Waals surface area contributed by atoms with Gasteiger partial charge in [-0.25, -0.2) is 4.98 Å². The summed E-state index contributed by atoms with van der Waals surface area (Å²) in [4.78, 5) is 21.5. The van der Waals surface area contributed by atoms with Gasteiger partial charge in [-0.2, -0.15) is 5.26 Å². The average Bonchev–Trinajstić information content (AvgIpc) is 2.60. The maximum Gasteiger partial charge on any atom is 0.259 e. The predicted molar refractivity (Wildman–Crippen MR) is 91.3 cm³/mol. The van der Waals surface area contributed by atoms with Crippen LogP contribution in [0.15, 0.2) is 53.3 Å². The van der Waals surface area contributed by atoms with Gasteiger partial charge in [-0.05, 0) is 36.4 Å². The summed E-state index contributed by atoms with van der Waals surface area (Å²) >= 11 is 0. The van der Waals surface area contributed by atoms with Crippen molar-refractivity contribution in [2.24, 2.45) is 0 Å². The van der Waals surface area contributed by atoms with Gasteiger partial charge in [0.1, 0.15) is 5.82 Å². The van der Waals surface area contributed by atoms with E-state index in [1.165, 1.54) is 0 Å². The fourth-order valence-corrected chi connectivity index (χ4v) is 2.44. The van der Waals surface area contributed by atoms with Crippen molar-refractivity contribution in [1.29, 1.82) is 5.26 Å². The molecule has 1 heterocycles. The first-order valence-corrected chi connectivity index (χ1v) is 7.36. The first kappa shape index (κ1) is 14.8. The number of H-pyrrole nitrogens is 1. The summed E-state index contributed by atoms with van der Waals surface area (Å²) < 4.78 is 0. The Bertz CT molecular complexity index is 922. The van der Waals surface area contributed by atoms with Crippen LogP contribution in [0.5, 0.6) is 0 Å². The normalized spacial score (nSPS) is 10.4. The number of hydrogen-bond donors (Lipinski definition) is 1. The standard InChI is InChI=1S/C18H16N4O/c1-22(12-4-11-19)14-9-7-13(8-10-14)17-20-16-6-3-2-5-15(16)18(23)21-17/h2-3,5-10H,4,12H2,1H3,(H,20,21,23). The molecule has 0 bridgehead atoms. The molecule has 0 unspecified atom stereocenters. The Hall–Kier alpha value is -3.13. The van der Waals surface area contributed by atoms with Gasteiger partial charge in [0, 0.05) is 24.8 Å². The second-order valence-corrected chi connectivity index (χ2v) is 5.31. The van der Waals surface area contributed by atoms with Crippen LogP contribution < -0.4 is 10.5 Å². The largest absolute Gasteiger partial charge is 0.374 e. The van der Waals surface area contributed by atoms with E-state index < -0.39 is 0 Å². The quantitative estimate of drug-likeness (QED) is 0.804. The van der Waals surface area contributed by atoms with Crippen molar-refractivity contribution in [1.82, 2.24) is 9.97 Å². The summed E-state index contributed by atoms with van der Waals surface area (Å²) in [6, 6.07) is 17.2. The smallest absolute Gasteiger partial charge is 0.259 e. The second kappa shape index (κ2) is 6.32. The molecule has 0 amide bonds. The van der Waals surface area contributed by atoms with Gasteiger partial charge in [0.15, 0.2) is 0 Å². The van der Waals surface area contributed by atoms with Gasteiger partial charge >= 0.3 is 0 Å². The minimum atomic E-state index is -0.138. The molecule has 23 heavy (non-hydrogen) atoms. The Morgan fingerprint density at radius 1 is 1.17 bits per heavy atom. The number of anilines is 1. The van der Waals surface area contributed by atoms with Gasteiger partial charge in [0.25, 0.3) is 5.56 Å². The van der Waals surface area contributed by atoms with E-state index >= 15 is 0 Å². The molecule has 1 aromatic heterocycles. The zero-order chi connectivity index (χ0) is 16.2. The molecule has 2 aromatic carbocycles. The lowest BCUT2D eigenvalue weighted by Gasteiger charge is -2.17. The van der Waals surface area contributed by atoms with Crippen LogP contribution in [0.25, 0.3) is 22.3 Å². The van der Waals surface area contributed by atoms with Gasteiger partial charge in [0.2, 0.25) is 0 Å². The molecule has 1 N–H and O–H groups in total. The van der Waals surface area contributed by atoms with Crippen molar-refractivity contribution < 1.29 is 0 Å². The number of aromatic amines is 1. The van der Waals surface area contributed by atoms with Gasteiger partial charge in [-0.3, -0.25) is 4.79 Å². The van der Waals surface area contributed by atoms with Gasteiger partial charge in [-0.1, -0.05) is 12.1 Å². The van der Waals surface area contributed by atoms with Crippen molar-refractivity contribution >= 4 is 16.6 Å². The maximum atomic E-state index is 12.1. The van der Waals surface area contributed by atoms with Crippen LogP contribution in [0.2, 0.25) is 0 Å². The summed E-state index contributed by atoms with van der Waals surface area (Å²) in [5.74, 6) is 0.555. The highest BCUT2D eigenvalue weighted by molar-refractivity contribution is 5.79. The summed E-state index contributed by atoms with van der Waals surface area (Å²) in [6.45, 7) is 0.681. The summed E-state index contributed by atoms with van der Waals surface area (Å²) in [5.41, 5.74) is 2.42. The van der Waals surface area contributed by atoms with Crippen molar-refractivity contribution in [3.05, 3.63) is 58.9 Å². The van der Waals surface area contributed by atoms with Crippen LogP contribution in [0, 0.1) is 11.3 Å². The number of nitriles is 1. The van der Waals surface area contributed by atoms with E-state index in [4.69, 9.17) is 5.26 Å². The van der Waals surface area contributed by atoms with Gasteiger partial charge in [0.05, 0.1) is 23.4 Å². The topological polar surface area (TPSA) is 72.8 Å². The SMILES string of the molecule is CN(CCC#N)c1ccc(-c2nc3ccccc3c(=O)[nH]2)cc1. The number of hydrogen-bond acceptors (Lipinski definition) is 4. The molecule has 0 radical (unpaired) electrons. The molecule has 5 heteroatoms. The Morgan fingerprint density at radius 3 is 2.65 bits per heavy atom. The van der Waals surface area contributed by atoms with Gasteiger partial charge in [-0.15, -0.1) is 0 Å². The molecular formula is C18H16N4O. The molecule has 114 valence electrons. The molecule has 0 atom stereocenters. The fraction of sp³-hybridized carbons (Fsp3) is 0.167. The Morgan fingerprint density at radius 2 is 1.91 bits per heavy atom. The minimum absolute atomic E-state index is 0.138. The molecule has 0 aliphatic heterocycles. The molecule has 0 aliphatic rings. The third-order valence-electron chi connectivity index (χ3n) is 3.75. The third-order valence-corrected chi connectivity index (χ3v) is 3.75. The number of fused-ring (bicyclic) bond motifs is 1. The lowest BCUT2D eigenvalue weighted by molar-refractivity contribution is 0.905. The maximum absolute atomic E-state index is 12.1. The predicted octanol–water partition coefficient (Wildman–Crippen LogP) is 2.94. The zero-order valence-electron chi connectivity index (χ0n) is 12.8. The number of nitrogens with zero attached hydrogens (tertiary/aromatic N) is 3. The van der Waals surface area contributed by atoms with Crippen molar-refractivity contribution in [2.45, 2.75) is 6.42 Å². The van der Waals surface area contributed by atoms with Crippen LogP contribution in [-0.2, 0) is 0 Å². The van der Waals surface area contributed by atoms with Crippen LogP contribution in [-0.4, -0.2) is 23.6 Å². The highest BCUT2D eigenvalue weighted by Gasteiger charge is 2.06. The van der Waals surface area contributed by atoms with Crippen LogP contribution in [0.3, 0.4) is 0 Å². The minimum Gasteiger partial charge on any atom is -0.374 e. The van der Waals surface area contributed by atoms with Crippen LogP contribution in [0.4, 0.5) is 5.69 Å². The molecule has 0 saturated heterocycles. The molecule has 0 saturated carbocycles.